The molecule has 0 fully saturated rings. The molecule has 0 atom stereocenters. The highest BCUT2D eigenvalue weighted by Gasteiger charge is 2.33. The zero-order valence-electron chi connectivity index (χ0n) is 10.8. The number of aromatic carboxylic acids is 1. The minimum atomic E-state index is -4.65. The Balaban J connectivity index is 2.41. The van der Waals surface area contributed by atoms with Crippen molar-refractivity contribution in [2.45, 2.75) is 19.6 Å². The molecule has 0 radical (unpaired) electrons. The summed E-state index contributed by atoms with van der Waals surface area (Å²) in [6.45, 7) is 2.41. The van der Waals surface area contributed by atoms with Gasteiger partial charge in [-0.2, -0.15) is 18.3 Å². The molecule has 2 heterocycles. The Morgan fingerprint density at radius 3 is 2.67 bits per heavy atom. The van der Waals surface area contributed by atoms with Gasteiger partial charge in [0.1, 0.15) is 17.1 Å². The predicted octanol–water partition coefficient (Wildman–Crippen LogP) is 2.76. The van der Waals surface area contributed by atoms with E-state index in [1.54, 1.807) is 0 Å². The summed E-state index contributed by atoms with van der Waals surface area (Å²) in [7, 11) is 0. The number of pyridine rings is 1. The number of hydrogen-bond acceptors (Lipinski definition) is 4. The number of rotatable bonds is 4. The Bertz CT molecular complexity index is 667. The van der Waals surface area contributed by atoms with E-state index >= 15 is 0 Å². The highest BCUT2D eigenvalue weighted by molar-refractivity contribution is 5.94. The molecule has 0 aliphatic rings. The van der Waals surface area contributed by atoms with E-state index in [1.165, 1.54) is 17.1 Å². The monoisotopic (exact) mass is 300 g/mol. The second kappa shape index (κ2) is 5.43. The van der Waals surface area contributed by atoms with Gasteiger partial charge in [0.15, 0.2) is 0 Å². The fraction of sp³-hybridized carbons (Fsp3) is 0.250. The van der Waals surface area contributed by atoms with Gasteiger partial charge in [-0.3, -0.25) is 4.68 Å². The van der Waals surface area contributed by atoms with Crippen LogP contribution in [0.4, 0.5) is 24.7 Å². The Kier molecular flexibility index (Phi) is 3.83. The molecule has 0 aromatic carbocycles. The maximum Gasteiger partial charge on any atom is 0.433 e. The van der Waals surface area contributed by atoms with Crippen molar-refractivity contribution >= 4 is 17.5 Å². The largest absolute Gasteiger partial charge is 0.478 e. The average Bonchev–Trinajstić information content (AvgIpc) is 2.85. The molecule has 0 saturated heterocycles. The number of carbonyl (C=O) groups is 1. The van der Waals surface area contributed by atoms with Gasteiger partial charge < -0.3 is 10.4 Å². The molecule has 2 rings (SSSR count). The molecule has 0 amide bonds. The third-order valence-electron chi connectivity index (χ3n) is 2.64. The van der Waals surface area contributed by atoms with Crippen molar-refractivity contribution in [2.24, 2.45) is 0 Å². The van der Waals surface area contributed by atoms with Crippen molar-refractivity contribution < 1.29 is 23.1 Å². The lowest BCUT2D eigenvalue weighted by Gasteiger charge is -2.11. The second-order valence-electron chi connectivity index (χ2n) is 4.11. The van der Waals surface area contributed by atoms with Crippen molar-refractivity contribution in [3.63, 3.8) is 0 Å². The first kappa shape index (κ1) is 14.8. The van der Waals surface area contributed by atoms with Crippen LogP contribution in [0.25, 0.3) is 0 Å². The number of aromatic nitrogens is 3. The van der Waals surface area contributed by atoms with Crippen LogP contribution in [0.15, 0.2) is 24.5 Å². The predicted molar refractivity (Wildman–Crippen MR) is 67.4 cm³/mol. The molecule has 0 spiro atoms. The summed E-state index contributed by atoms with van der Waals surface area (Å²) in [6.07, 6.45) is -1.74. The summed E-state index contributed by atoms with van der Waals surface area (Å²) < 4.78 is 39.5. The molecule has 0 aliphatic carbocycles. The van der Waals surface area contributed by atoms with Gasteiger partial charge >= 0.3 is 12.1 Å². The molecule has 0 bridgehead atoms. The van der Waals surface area contributed by atoms with Gasteiger partial charge in [0.05, 0.1) is 11.9 Å². The maximum atomic E-state index is 12.6. The van der Waals surface area contributed by atoms with Gasteiger partial charge in [-0.1, -0.05) is 0 Å². The van der Waals surface area contributed by atoms with Gasteiger partial charge in [0.25, 0.3) is 0 Å². The van der Waals surface area contributed by atoms with E-state index in [2.05, 4.69) is 15.4 Å². The van der Waals surface area contributed by atoms with Crippen LogP contribution in [0.1, 0.15) is 23.0 Å². The van der Waals surface area contributed by atoms with Crippen LogP contribution in [-0.2, 0) is 12.7 Å². The molecule has 0 saturated carbocycles. The maximum absolute atomic E-state index is 12.6. The van der Waals surface area contributed by atoms with E-state index < -0.39 is 17.8 Å². The number of anilines is 2. The van der Waals surface area contributed by atoms with E-state index in [0.29, 0.717) is 18.3 Å². The number of carboxylic acid groups (broad SMARTS) is 1. The van der Waals surface area contributed by atoms with Crippen LogP contribution in [0.3, 0.4) is 0 Å². The normalized spacial score (nSPS) is 11.4. The lowest BCUT2D eigenvalue weighted by molar-refractivity contribution is -0.141. The molecule has 2 aromatic heterocycles. The SMILES string of the molecule is CCn1cc(Nc2nc(C(F)(F)F)ccc2C(=O)O)cn1. The number of aryl methyl sites for hydroxylation is 1. The number of alkyl halides is 3. The lowest BCUT2D eigenvalue weighted by atomic mass is 10.2. The standard InChI is InChI=1S/C12H11F3N4O2/c1-2-19-6-7(5-16-19)17-10-8(11(20)21)3-4-9(18-10)12(13,14)15/h3-6H,2H2,1H3,(H,17,18)(H,20,21). The Labute approximate surface area is 117 Å². The van der Waals surface area contributed by atoms with Crippen molar-refractivity contribution in [1.82, 2.24) is 14.8 Å². The highest BCUT2D eigenvalue weighted by Crippen LogP contribution is 2.30. The first-order chi connectivity index (χ1) is 9.81. The van der Waals surface area contributed by atoms with Crippen LogP contribution in [0, 0.1) is 0 Å². The summed E-state index contributed by atoms with van der Waals surface area (Å²) in [6, 6.07) is 1.49. The number of hydrogen-bond donors (Lipinski definition) is 2. The van der Waals surface area contributed by atoms with Gasteiger partial charge in [-0.25, -0.2) is 9.78 Å². The summed E-state index contributed by atoms with van der Waals surface area (Å²) in [5, 5.41) is 15.5. The molecule has 0 unspecified atom stereocenters. The van der Waals surface area contributed by atoms with Crippen LogP contribution in [0.5, 0.6) is 0 Å². The van der Waals surface area contributed by atoms with Crippen molar-refractivity contribution in [3.05, 3.63) is 35.8 Å². The molecule has 2 N–H and O–H groups in total. The Morgan fingerprint density at radius 2 is 2.14 bits per heavy atom. The smallest absolute Gasteiger partial charge is 0.433 e. The minimum Gasteiger partial charge on any atom is -0.478 e. The third-order valence-corrected chi connectivity index (χ3v) is 2.64. The molecule has 2 aromatic rings. The third kappa shape index (κ3) is 3.30. The number of halogens is 3. The highest BCUT2D eigenvalue weighted by atomic mass is 19.4. The molecular formula is C12H11F3N4O2. The fourth-order valence-electron chi connectivity index (χ4n) is 1.62. The van der Waals surface area contributed by atoms with E-state index in [1.807, 2.05) is 6.92 Å². The molecular weight excluding hydrogens is 289 g/mol. The fourth-order valence-corrected chi connectivity index (χ4v) is 1.62. The van der Waals surface area contributed by atoms with E-state index in [9.17, 15) is 18.0 Å². The van der Waals surface area contributed by atoms with Gasteiger partial charge in [-0.15, -0.1) is 0 Å². The van der Waals surface area contributed by atoms with Crippen LogP contribution in [-0.4, -0.2) is 25.8 Å². The molecule has 9 heteroatoms. The number of nitrogens with zero attached hydrogens (tertiary/aromatic N) is 3. The molecule has 0 aliphatic heterocycles. The van der Waals surface area contributed by atoms with Crippen LogP contribution >= 0.6 is 0 Å². The van der Waals surface area contributed by atoms with Crippen LogP contribution in [0.2, 0.25) is 0 Å². The minimum absolute atomic E-state index is 0.353. The van der Waals surface area contributed by atoms with Crippen LogP contribution < -0.4 is 5.32 Å². The van der Waals surface area contributed by atoms with Crippen molar-refractivity contribution in [3.8, 4) is 0 Å². The second-order valence-corrected chi connectivity index (χ2v) is 4.11. The van der Waals surface area contributed by atoms with Gasteiger partial charge in [-0.05, 0) is 19.1 Å². The lowest BCUT2D eigenvalue weighted by Crippen LogP contribution is -2.12. The number of carboxylic acids is 1. The quantitative estimate of drug-likeness (QED) is 0.907. The summed E-state index contributed by atoms with van der Waals surface area (Å²) >= 11 is 0. The topological polar surface area (TPSA) is 80.0 Å². The van der Waals surface area contributed by atoms with Gasteiger partial charge in [0.2, 0.25) is 0 Å². The van der Waals surface area contributed by atoms with Gasteiger partial charge in [0, 0.05) is 12.7 Å². The van der Waals surface area contributed by atoms with Crippen molar-refractivity contribution in [1.29, 1.82) is 0 Å². The Hall–Kier alpha value is -2.58. The average molecular weight is 300 g/mol. The Morgan fingerprint density at radius 1 is 1.43 bits per heavy atom. The van der Waals surface area contributed by atoms with Crippen molar-refractivity contribution in [2.75, 3.05) is 5.32 Å². The zero-order valence-corrected chi connectivity index (χ0v) is 10.8. The number of nitrogens with one attached hydrogen (secondary N) is 1. The molecule has 21 heavy (non-hydrogen) atoms. The zero-order chi connectivity index (χ0) is 15.6. The summed E-state index contributed by atoms with van der Waals surface area (Å²) in [5.41, 5.74) is -1.17. The summed E-state index contributed by atoms with van der Waals surface area (Å²) in [4.78, 5) is 14.4. The first-order valence-electron chi connectivity index (χ1n) is 5.92. The first-order valence-corrected chi connectivity index (χ1v) is 5.92. The molecule has 6 nitrogen and oxygen atoms in total. The molecule has 112 valence electrons. The summed E-state index contributed by atoms with van der Waals surface area (Å²) in [5.74, 6) is -1.76. The van der Waals surface area contributed by atoms with E-state index in [4.69, 9.17) is 5.11 Å². The van der Waals surface area contributed by atoms with E-state index in [-0.39, 0.29) is 11.4 Å². The van der Waals surface area contributed by atoms with E-state index in [0.717, 1.165) is 6.07 Å².